The number of unbranched alkanes of at least 4 members (excludes halogenated alkanes) is 1. The summed E-state index contributed by atoms with van der Waals surface area (Å²) in [6.07, 6.45) is -1.85. The smallest absolute Gasteiger partial charge is 0.354 e. The van der Waals surface area contributed by atoms with Gasteiger partial charge in [0.15, 0.2) is 0 Å². The fraction of sp³-hybridized carbons (Fsp3) is 0.375. The van der Waals surface area contributed by atoms with Crippen LogP contribution in [0.5, 0.6) is 0 Å². The highest BCUT2D eigenvalue weighted by Crippen LogP contribution is 2.38. The van der Waals surface area contributed by atoms with Gasteiger partial charge in [-0.15, -0.1) is 0 Å². The van der Waals surface area contributed by atoms with Crippen molar-refractivity contribution in [3.8, 4) is 0 Å². The largest absolute Gasteiger partial charge is 0.418 e. The molecule has 1 aromatic heterocycles. The number of alkyl halides is 3. The third-order valence-corrected chi connectivity index (χ3v) is 3.68. The number of anilines is 3. The van der Waals surface area contributed by atoms with Gasteiger partial charge < -0.3 is 10.2 Å². The van der Waals surface area contributed by atoms with Crippen molar-refractivity contribution >= 4 is 23.0 Å². The molecule has 2 rings (SSSR count). The summed E-state index contributed by atoms with van der Waals surface area (Å²) in [5.41, 5.74) is -1.72. The Kier molecular flexibility index (Phi) is 5.96. The number of hydrogen-bond acceptors (Lipinski definition) is 6. The van der Waals surface area contributed by atoms with E-state index in [0.717, 1.165) is 25.2 Å². The average molecular weight is 369 g/mol. The lowest BCUT2D eigenvalue weighted by atomic mass is 10.1. The zero-order valence-corrected chi connectivity index (χ0v) is 14.2. The van der Waals surface area contributed by atoms with Gasteiger partial charge >= 0.3 is 11.9 Å². The topological polar surface area (TPSA) is 84.2 Å². The van der Waals surface area contributed by atoms with Crippen LogP contribution in [0.1, 0.15) is 25.3 Å². The second kappa shape index (κ2) is 7.98. The third-order valence-electron chi connectivity index (χ3n) is 3.68. The van der Waals surface area contributed by atoms with Crippen LogP contribution in [0.2, 0.25) is 0 Å². The maximum atomic E-state index is 13.1. The van der Waals surface area contributed by atoms with Crippen molar-refractivity contribution in [3.63, 3.8) is 0 Å². The van der Waals surface area contributed by atoms with Crippen molar-refractivity contribution in [2.45, 2.75) is 25.9 Å². The van der Waals surface area contributed by atoms with Crippen LogP contribution in [0.15, 0.2) is 30.6 Å². The van der Waals surface area contributed by atoms with E-state index in [9.17, 15) is 23.3 Å². The number of rotatable bonds is 7. The molecule has 0 aliphatic heterocycles. The number of aromatic nitrogens is 2. The maximum Gasteiger partial charge on any atom is 0.418 e. The lowest BCUT2D eigenvalue weighted by Crippen LogP contribution is -2.21. The molecule has 0 saturated carbocycles. The van der Waals surface area contributed by atoms with Crippen LogP contribution in [-0.2, 0) is 6.18 Å². The number of nitrogens with zero attached hydrogens (tertiary/aromatic N) is 4. The standard InChI is InChI=1S/C16H18F3N5O2/c1-3-4-9-23(2)15-13(24(25)26)14(20-10-21-15)22-12-8-6-5-7-11(12)16(17,18)19/h5-8,10H,3-4,9H2,1-2H3,(H,20,21,22). The molecule has 140 valence electrons. The predicted molar refractivity (Wildman–Crippen MR) is 91.6 cm³/mol. The Bertz CT molecular complexity index is 783. The van der Waals surface area contributed by atoms with Crippen LogP contribution in [0.4, 0.5) is 36.2 Å². The summed E-state index contributed by atoms with van der Waals surface area (Å²) in [5, 5.41) is 14.0. The number of halogens is 3. The van der Waals surface area contributed by atoms with Crippen molar-refractivity contribution in [3.05, 3.63) is 46.3 Å². The fourth-order valence-corrected chi connectivity index (χ4v) is 2.38. The summed E-state index contributed by atoms with van der Waals surface area (Å²) in [6, 6.07) is 4.73. The molecule has 0 aliphatic rings. The molecule has 0 amide bonds. The lowest BCUT2D eigenvalue weighted by molar-refractivity contribution is -0.383. The molecule has 2 aromatic rings. The summed E-state index contributed by atoms with van der Waals surface area (Å²) in [4.78, 5) is 20.1. The number of benzene rings is 1. The van der Waals surface area contributed by atoms with Gasteiger partial charge in [0.25, 0.3) is 0 Å². The maximum absolute atomic E-state index is 13.1. The quantitative estimate of drug-likeness (QED) is 0.576. The Hall–Kier alpha value is -2.91. The lowest BCUT2D eigenvalue weighted by Gasteiger charge is -2.19. The zero-order valence-electron chi connectivity index (χ0n) is 14.2. The summed E-state index contributed by atoms with van der Waals surface area (Å²) in [7, 11) is 1.64. The van der Waals surface area contributed by atoms with Crippen molar-refractivity contribution in [2.24, 2.45) is 0 Å². The van der Waals surface area contributed by atoms with Crippen molar-refractivity contribution in [1.29, 1.82) is 0 Å². The first kappa shape index (κ1) is 19.4. The normalized spacial score (nSPS) is 11.3. The molecule has 0 aliphatic carbocycles. The molecule has 0 unspecified atom stereocenters. The van der Waals surface area contributed by atoms with Gasteiger partial charge in [0.1, 0.15) is 6.33 Å². The first-order valence-electron chi connectivity index (χ1n) is 7.89. The van der Waals surface area contributed by atoms with E-state index in [0.29, 0.717) is 6.54 Å². The van der Waals surface area contributed by atoms with Crippen LogP contribution in [0.3, 0.4) is 0 Å². The van der Waals surface area contributed by atoms with E-state index in [2.05, 4.69) is 15.3 Å². The van der Waals surface area contributed by atoms with E-state index in [1.165, 1.54) is 18.2 Å². The van der Waals surface area contributed by atoms with E-state index < -0.39 is 22.4 Å². The van der Waals surface area contributed by atoms with Gasteiger partial charge in [-0.2, -0.15) is 13.2 Å². The number of nitrogens with one attached hydrogen (secondary N) is 1. The monoisotopic (exact) mass is 369 g/mol. The van der Waals surface area contributed by atoms with E-state index in [1.54, 1.807) is 11.9 Å². The Morgan fingerprint density at radius 2 is 1.96 bits per heavy atom. The third kappa shape index (κ3) is 4.38. The Morgan fingerprint density at radius 3 is 2.58 bits per heavy atom. The SMILES string of the molecule is CCCCN(C)c1ncnc(Nc2ccccc2C(F)(F)F)c1[N+](=O)[O-]. The molecular formula is C16H18F3N5O2. The molecule has 0 fully saturated rings. The number of nitro groups is 1. The molecule has 1 N–H and O–H groups in total. The highest BCUT2D eigenvalue weighted by atomic mass is 19.4. The molecule has 0 radical (unpaired) electrons. The van der Waals surface area contributed by atoms with E-state index in [1.807, 2.05) is 6.92 Å². The Morgan fingerprint density at radius 1 is 1.27 bits per heavy atom. The Balaban J connectivity index is 2.47. The highest BCUT2D eigenvalue weighted by molar-refractivity contribution is 5.75. The fourth-order valence-electron chi connectivity index (χ4n) is 2.38. The zero-order chi connectivity index (χ0) is 19.3. The van der Waals surface area contributed by atoms with E-state index >= 15 is 0 Å². The van der Waals surface area contributed by atoms with E-state index in [4.69, 9.17) is 0 Å². The molecule has 1 aromatic carbocycles. The summed E-state index contributed by atoms with van der Waals surface area (Å²) in [6.45, 7) is 2.50. The average Bonchev–Trinajstić information content (AvgIpc) is 2.58. The molecular weight excluding hydrogens is 351 g/mol. The van der Waals surface area contributed by atoms with Crippen LogP contribution < -0.4 is 10.2 Å². The molecule has 0 atom stereocenters. The van der Waals surface area contributed by atoms with Gasteiger partial charge in [0, 0.05) is 13.6 Å². The molecule has 0 bridgehead atoms. The van der Waals surface area contributed by atoms with Crippen molar-refractivity contribution in [1.82, 2.24) is 9.97 Å². The van der Waals surface area contributed by atoms with Crippen molar-refractivity contribution in [2.75, 3.05) is 23.8 Å². The van der Waals surface area contributed by atoms with Gasteiger partial charge in [0.2, 0.25) is 11.6 Å². The second-order valence-corrected chi connectivity index (χ2v) is 5.60. The van der Waals surface area contributed by atoms with Gasteiger partial charge in [-0.1, -0.05) is 25.5 Å². The highest BCUT2D eigenvalue weighted by Gasteiger charge is 2.34. The Labute approximate surface area is 148 Å². The second-order valence-electron chi connectivity index (χ2n) is 5.60. The first-order valence-corrected chi connectivity index (χ1v) is 7.89. The van der Waals surface area contributed by atoms with Gasteiger partial charge in [-0.05, 0) is 18.6 Å². The number of hydrogen-bond donors (Lipinski definition) is 1. The van der Waals surface area contributed by atoms with Gasteiger partial charge in [-0.25, -0.2) is 9.97 Å². The molecule has 0 saturated heterocycles. The van der Waals surface area contributed by atoms with Crippen LogP contribution >= 0.6 is 0 Å². The minimum absolute atomic E-state index is 0.0467. The minimum atomic E-state index is -4.61. The molecule has 26 heavy (non-hydrogen) atoms. The summed E-state index contributed by atoms with van der Waals surface area (Å²) >= 11 is 0. The van der Waals surface area contributed by atoms with Crippen molar-refractivity contribution < 1.29 is 18.1 Å². The van der Waals surface area contributed by atoms with Gasteiger partial charge in [0.05, 0.1) is 16.2 Å². The molecule has 0 spiro atoms. The van der Waals surface area contributed by atoms with Gasteiger partial charge in [-0.3, -0.25) is 10.1 Å². The molecule has 1 heterocycles. The molecule has 10 heteroatoms. The predicted octanol–water partition coefficient (Wildman–Crippen LogP) is 4.38. The summed E-state index contributed by atoms with van der Waals surface area (Å²) < 4.78 is 39.4. The number of para-hydroxylation sites is 1. The molecule has 7 nitrogen and oxygen atoms in total. The summed E-state index contributed by atoms with van der Waals surface area (Å²) in [5.74, 6) is -0.245. The minimum Gasteiger partial charge on any atom is -0.354 e. The first-order chi connectivity index (χ1) is 12.3. The van der Waals surface area contributed by atoms with E-state index in [-0.39, 0.29) is 17.3 Å². The van der Waals surface area contributed by atoms with Crippen LogP contribution in [0, 0.1) is 10.1 Å². The van der Waals surface area contributed by atoms with Crippen LogP contribution in [0.25, 0.3) is 0 Å². The van der Waals surface area contributed by atoms with Crippen LogP contribution in [-0.4, -0.2) is 28.5 Å².